The van der Waals surface area contributed by atoms with Gasteiger partial charge in [-0.1, -0.05) is 102 Å². The molecule has 3 nitrogen and oxygen atoms in total. The third-order valence-corrected chi connectivity index (χ3v) is 12.6. The number of carbonyl (C=O) groups is 1. The molecule has 7 atom stereocenters. The zero-order chi connectivity index (χ0) is 30.5. The maximum atomic E-state index is 12.7. The molecule has 0 aromatic rings. The third-order valence-electron chi connectivity index (χ3n) is 12.6. The highest BCUT2D eigenvalue weighted by Crippen LogP contribution is 2.66. The zero-order valence-electron chi connectivity index (χ0n) is 28.6. The Bertz CT molecular complexity index is 890. The lowest BCUT2D eigenvalue weighted by molar-refractivity contribution is -0.151. The maximum absolute atomic E-state index is 12.7. The molecule has 0 aliphatic heterocycles. The normalized spacial score (nSPS) is 32.6. The fourth-order valence-electron chi connectivity index (χ4n) is 10.2. The van der Waals surface area contributed by atoms with E-state index in [0.717, 1.165) is 43.4 Å². The first-order valence-corrected chi connectivity index (χ1v) is 19.1. The van der Waals surface area contributed by atoms with Crippen LogP contribution in [0.1, 0.15) is 175 Å². The number of esters is 1. The summed E-state index contributed by atoms with van der Waals surface area (Å²) in [5.74, 6) is 2.92. The summed E-state index contributed by atoms with van der Waals surface area (Å²) in [7, 11) is 0. The minimum Gasteiger partial charge on any atom is -0.462 e. The summed E-state index contributed by atoms with van der Waals surface area (Å²) in [6, 6.07) is 0. The smallest absolute Gasteiger partial charge is 0.306 e. The van der Waals surface area contributed by atoms with Crippen molar-refractivity contribution >= 4 is 5.97 Å². The van der Waals surface area contributed by atoms with Gasteiger partial charge in [0.1, 0.15) is 6.10 Å². The van der Waals surface area contributed by atoms with Crippen LogP contribution in [-0.4, -0.2) is 23.8 Å². The van der Waals surface area contributed by atoms with Gasteiger partial charge < -0.3 is 9.84 Å². The van der Waals surface area contributed by atoms with Crippen molar-refractivity contribution in [1.82, 2.24) is 0 Å². The summed E-state index contributed by atoms with van der Waals surface area (Å²) in [5, 5.41) is 9.80. The molecule has 1 unspecified atom stereocenters. The van der Waals surface area contributed by atoms with Crippen molar-refractivity contribution in [3.63, 3.8) is 0 Å². The van der Waals surface area contributed by atoms with Crippen molar-refractivity contribution in [3.8, 4) is 0 Å². The van der Waals surface area contributed by atoms with Gasteiger partial charge in [-0.05, 0) is 118 Å². The van der Waals surface area contributed by atoms with Gasteiger partial charge in [0, 0.05) is 19.4 Å². The molecular formula is C40H68O3. The molecule has 0 amide bonds. The number of fused-ring (bicyclic) bond motifs is 5. The van der Waals surface area contributed by atoms with Gasteiger partial charge in [-0.3, -0.25) is 4.79 Å². The Morgan fingerprint density at radius 1 is 0.930 bits per heavy atom. The van der Waals surface area contributed by atoms with Crippen molar-refractivity contribution in [2.75, 3.05) is 6.61 Å². The molecule has 0 spiro atoms. The summed E-state index contributed by atoms with van der Waals surface area (Å²) in [4.78, 5) is 12.7. The van der Waals surface area contributed by atoms with Crippen LogP contribution in [0.4, 0.5) is 0 Å². The monoisotopic (exact) mass is 597 g/mol. The first kappa shape index (κ1) is 34.8. The topological polar surface area (TPSA) is 46.5 Å². The van der Waals surface area contributed by atoms with Crippen LogP contribution in [-0.2, 0) is 9.53 Å². The van der Waals surface area contributed by atoms with Crippen LogP contribution in [0.15, 0.2) is 23.8 Å². The quantitative estimate of drug-likeness (QED) is 0.0916. The third kappa shape index (κ3) is 9.46. The van der Waals surface area contributed by atoms with E-state index in [2.05, 4.69) is 39.0 Å². The predicted octanol–water partition coefficient (Wildman–Crippen LogP) is 11.3. The molecule has 4 rings (SSSR count). The Kier molecular flexibility index (Phi) is 14.2. The second kappa shape index (κ2) is 17.6. The first-order valence-electron chi connectivity index (χ1n) is 19.1. The molecule has 3 fully saturated rings. The molecular weight excluding hydrogens is 528 g/mol. The SMILES string of the molecule is CCCCCCCC/C=C\CCCCCCCC(=O)O[C@H]1CC[C@@]2(C)C(=CC[C@H]3[C@@H]4CCC[C@@]4(CC(C)CO)CC[C@@H]32)C1. The predicted molar refractivity (Wildman–Crippen MR) is 181 cm³/mol. The van der Waals surface area contributed by atoms with Crippen LogP contribution in [0.3, 0.4) is 0 Å². The molecule has 246 valence electrons. The summed E-state index contributed by atoms with van der Waals surface area (Å²) >= 11 is 0. The highest BCUT2D eigenvalue weighted by Gasteiger charge is 2.57. The number of allylic oxidation sites excluding steroid dienone is 3. The average Bonchev–Trinajstić information content (AvgIpc) is 3.43. The van der Waals surface area contributed by atoms with E-state index < -0.39 is 0 Å². The van der Waals surface area contributed by atoms with Crippen molar-refractivity contribution in [1.29, 1.82) is 0 Å². The Hall–Kier alpha value is -1.09. The molecule has 0 bridgehead atoms. The van der Waals surface area contributed by atoms with Crippen LogP contribution in [0.25, 0.3) is 0 Å². The lowest BCUT2D eigenvalue weighted by Crippen LogP contribution is -2.50. The Morgan fingerprint density at radius 3 is 2.35 bits per heavy atom. The number of aliphatic hydroxyl groups is 1. The molecule has 43 heavy (non-hydrogen) atoms. The van der Waals surface area contributed by atoms with Gasteiger partial charge in [0.25, 0.3) is 0 Å². The summed E-state index contributed by atoms with van der Waals surface area (Å²) in [6.07, 6.45) is 37.2. The van der Waals surface area contributed by atoms with Crippen LogP contribution in [0.5, 0.6) is 0 Å². The van der Waals surface area contributed by atoms with E-state index in [1.807, 2.05) is 0 Å². The molecule has 3 heteroatoms. The van der Waals surface area contributed by atoms with E-state index in [-0.39, 0.29) is 12.1 Å². The number of hydrogen-bond acceptors (Lipinski definition) is 3. The number of carbonyl (C=O) groups excluding carboxylic acids is 1. The zero-order valence-corrected chi connectivity index (χ0v) is 28.6. The lowest BCUT2D eigenvalue weighted by Gasteiger charge is -2.58. The molecule has 0 aromatic heterocycles. The molecule has 0 radical (unpaired) electrons. The van der Waals surface area contributed by atoms with E-state index in [4.69, 9.17) is 4.74 Å². The van der Waals surface area contributed by atoms with Gasteiger partial charge in [0.15, 0.2) is 0 Å². The molecule has 4 aliphatic rings. The van der Waals surface area contributed by atoms with Crippen molar-refractivity contribution in [2.24, 2.45) is 34.5 Å². The van der Waals surface area contributed by atoms with Gasteiger partial charge >= 0.3 is 5.97 Å². The van der Waals surface area contributed by atoms with Gasteiger partial charge in [0.2, 0.25) is 0 Å². The van der Waals surface area contributed by atoms with Crippen LogP contribution in [0, 0.1) is 34.5 Å². The maximum Gasteiger partial charge on any atom is 0.306 e. The number of aliphatic hydroxyl groups excluding tert-OH is 1. The second-order valence-corrected chi connectivity index (χ2v) is 15.7. The minimum absolute atomic E-state index is 0.0342. The Balaban J connectivity index is 1.10. The molecule has 4 aliphatic carbocycles. The first-order chi connectivity index (χ1) is 20.9. The summed E-state index contributed by atoms with van der Waals surface area (Å²) in [5.41, 5.74) is 2.39. The lowest BCUT2D eigenvalue weighted by atomic mass is 9.47. The molecule has 0 aromatic carbocycles. The van der Waals surface area contributed by atoms with E-state index in [9.17, 15) is 9.90 Å². The number of ether oxygens (including phenoxy) is 1. The van der Waals surface area contributed by atoms with Gasteiger partial charge in [-0.15, -0.1) is 0 Å². The van der Waals surface area contributed by atoms with E-state index >= 15 is 0 Å². The number of hydrogen-bond donors (Lipinski definition) is 1. The highest BCUT2D eigenvalue weighted by atomic mass is 16.5. The van der Waals surface area contributed by atoms with Crippen molar-refractivity contribution in [2.45, 2.75) is 181 Å². The van der Waals surface area contributed by atoms with E-state index in [0.29, 0.717) is 29.8 Å². The standard InChI is InChI=1S/C40H68O3/c1-4-5-6-7-8-9-10-11-12-13-14-15-16-17-18-21-38(42)43-34-24-27-39(3)33(29-34)22-23-35-36(39)25-28-40(30-32(2)31-41)26-19-20-37(35)40/h11-12,22,32,34-37,41H,4-10,13-21,23-31H2,1-3H3/b12-11-/t32?,34-,35+,36-,37-,39-,40-/m0/s1. The fraction of sp³-hybridized carbons (Fsp3) is 0.875. The molecule has 1 N–H and O–H groups in total. The summed E-state index contributed by atoms with van der Waals surface area (Å²) < 4.78 is 6.07. The van der Waals surface area contributed by atoms with Gasteiger partial charge in [-0.2, -0.15) is 0 Å². The van der Waals surface area contributed by atoms with Crippen molar-refractivity contribution < 1.29 is 14.6 Å². The molecule has 3 saturated carbocycles. The van der Waals surface area contributed by atoms with Gasteiger partial charge in [0.05, 0.1) is 0 Å². The Labute approximate surface area is 266 Å². The van der Waals surface area contributed by atoms with Crippen molar-refractivity contribution in [3.05, 3.63) is 23.8 Å². The van der Waals surface area contributed by atoms with Crippen LogP contribution < -0.4 is 0 Å². The van der Waals surface area contributed by atoms with E-state index in [1.54, 1.807) is 5.57 Å². The second-order valence-electron chi connectivity index (χ2n) is 15.7. The van der Waals surface area contributed by atoms with Crippen LogP contribution >= 0.6 is 0 Å². The fourth-order valence-corrected chi connectivity index (χ4v) is 10.2. The summed E-state index contributed by atoms with van der Waals surface area (Å²) in [6.45, 7) is 7.41. The minimum atomic E-state index is 0.0342. The average molecular weight is 597 g/mol. The van der Waals surface area contributed by atoms with E-state index in [1.165, 1.54) is 122 Å². The highest BCUT2D eigenvalue weighted by molar-refractivity contribution is 5.69. The number of rotatable bonds is 19. The molecule has 0 saturated heterocycles. The molecule has 0 heterocycles. The van der Waals surface area contributed by atoms with Gasteiger partial charge in [-0.25, -0.2) is 0 Å². The number of unbranched alkanes of at least 4 members (excludes halogenated alkanes) is 11. The van der Waals surface area contributed by atoms with Crippen LogP contribution in [0.2, 0.25) is 0 Å². The Morgan fingerprint density at radius 2 is 1.63 bits per heavy atom. The largest absolute Gasteiger partial charge is 0.462 e.